The van der Waals surface area contributed by atoms with Crippen LogP contribution in [0.2, 0.25) is 0 Å². The van der Waals surface area contributed by atoms with Crippen LogP contribution in [0.25, 0.3) is 0 Å². The average molecular weight is 289 g/mol. The molecule has 106 valence electrons. The summed E-state index contributed by atoms with van der Waals surface area (Å²) in [5, 5.41) is 5.42. The Morgan fingerprint density at radius 1 is 1.25 bits per heavy atom. The van der Waals surface area contributed by atoms with Gasteiger partial charge in [-0.3, -0.25) is 4.79 Å². The molecule has 1 unspecified atom stereocenters. The van der Waals surface area contributed by atoms with Crippen LogP contribution < -0.4 is 5.32 Å². The summed E-state index contributed by atoms with van der Waals surface area (Å²) in [5.74, 6) is -0.440. The molecule has 2 rings (SSSR count). The minimum atomic E-state index is -0.246. The number of benzene rings is 1. The minimum absolute atomic E-state index is 0.195. The number of methoxy groups -OCH3 is 1. The summed E-state index contributed by atoms with van der Waals surface area (Å²) >= 11 is 1.76. The molecule has 0 radical (unpaired) electrons. The van der Waals surface area contributed by atoms with E-state index in [1.54, 1.807) is 11.3 Å². The van der Waals surface area contributed by atoms with Gasteiger partial charge in [-0.05, 0) is 30.0 Å². The molecule has 0 saturated carbocycles. The molecule has 2 aromatic rings. The van der Waals surface area contributed by atoms with E-state index in [2.05, 4.69) is 22.8 Å². The summed E-state index contributed by atoms with van der Waals surface area (Å²) in [4.78, 5) is 13.2. The highest BCUT2D eigenvalue weighted by atomic mass is 32.1. The van der Waals surface area contributed by atoms with Crippen LogP contribution in [0.5, 0.6) is 0 Å². The zero-order chi connectivity index (χ0) is 14.2. The zero-order valence-electron chi connectivity index (χ0n) is 11.5. The lowest BCUT2D eigenvalue weighted by Gasteiger charge is -2.15. The highest BCUT2D eigenvalue weighted by molar-refractivity contribution is 7.09. The number of thiophene rings is 1. The molecule has 3 nitrogen and oxygen atoms in total. The second-order valence-corrected chi connectivity index (χ2v) is 5.55. The fourth-order valence-corrected chi connectivity index (χ4v) is 2.79. The van der Waals surface area contributed by atoms with Crippen molar-refractivity contribution in [3.05, 3.63) is 58.3 Å². The minimum Gasteiger partial charge on any atom is -0.469 e. The van der Waals surface area contributed by atoms with Gasteiger partial charge in [0.1, 0.15) is 0 Å². The molecule has 0 saturated heterocycles. The van der Waals surface area contributed by atoms with E-state index >= 15 is 0 Å². The van der Waals surface area contributed by atoms with Crippen LogP contribution in [0, 0.1) is 0 Å². The van der Waals surface area contributed by atoms with Crippen molar-refractivity contribution in [1.82, 2.24) is 5.32 Å². The van der Waals surface area contributed by atoms with Crippen molar-refractivity contribution in [1.29, 1.82) is 0 Å². The van der Waals surface area contributed by atoms with Crippen LogP contribution in [0.4, 0.5) is 0 Å². The van der Waals surface area contributed by atoms with E-state index in [-0.39, 0.29) is 11.9 Å². The first kappa shape index (κ1) is 14.8. The Labute approximate surface area is 123 Å². The average Bonchev–Trinajstić information content (AvgIpc) is 3.01. The lowest BCUT2D eigenvalue weighted by molar-refractivity contribution is -0.142. The van der Waals surface area contributed by atoms with Crippen molar-refractivity contribution in [3.8, 4) is 0 Å². The second kappa shape index (κ2) is 7.82. The lowest BCUT2D eigenvalue weighted by atomic mass is 9.99. The van der Waals surface area contributed by atoms with Crippen LogP contribution in [0.1, 0.15) is 16.4 Å². The first-order valence-corrected chi connectivity index (χ1v) is 7.55. The summed E-state index contributed by atoms with van der Waals surface area (Å²) < 4.78 is 4.89. The predicted octanol–water partition coefficient (Wildman–Crippen LogP) is 2.84. The van der Waals surface area contributed by atoms with Gasteiger partial charge < -0.3 is 10.1 Å². The third-order valence-corrected chi connectivity index (χ3v) is 4.10. The summed E-state index contributed by atoms with van der Waals surface area (Å²) in [6.45, 7) is 1.46. The van der Waals surface area contributed by atoms with Gasteiger partial charge in [-0.1, -0.05) is 36.4 Å². The van der Waals surface area contributed by atoms with Crippen molar-refractivity contribution in [2.45, 2.75) is 12.3 Å². The first-order chi connectivity index (χ1) is 9.81. The Morgan fingerprint density at radius 2 is 2.05 bits per heavy atom. The number of esters is 1. The van der Waals surface area contributed by atoms with E-state index < -0.39 is 0 Å². The van der Waals surface area contributed by atoms with Crippen molar-refractivity contribution in [2.75, 3.05) is 20.2 Å². The van der Waals surface area contributed by atoms with Crippen LogP contribution in [-0.4, -0.2) is 26.2 Å². The summed E-state index contributed by atoms with van der Waals surface area (Å²) in [7, 11) is 1.43. The molecule has 1 aromatic carbocycles. The predicted molar refractivity (Wildman–Crippen MR) is 82.1 cm³/mol. The number of nitrogens with one attached hydrogen (secondary N) is 1. The highest BCUT2D eigenvalue weighted by Crippen LogP contribution is 2.16. The van der Waals surface area contributed by atoms with E-state index in [4.69, 9.17) is 4.74 Å². The SMILES string of the molecule is COC(=O)C(CNCCc1cccs1)c1ccccc1. The molecule has 1 N–H and O–H groups in total. The lowest BCUT2D eigenvalue weighted by Crippen LogP contribution is -2.29. The van der Waals surface area contributed by atoms with Gasteiger partial charge in [-0.2, -0.15) is 0 Å². The van der Waals surface area contributed by atoms with E-state index in [1.807, 2.05) is 30.3 Å². The van der Waals surface area contributed by atoms with E-state index in [1.165, 1.54) is 12.0 Å². The molecule has 0 aliphatic rings. The van der Waals surface area contributed by atoms with Gasteiger partial charge in [0.05, 0.1) is 13.0 Å². The molecule has 1 atom stereocenters. The normalized spacial score (nSPS) is 12.1. The van der Waals surface area contributed by atoms with Gasteiger partial charge in [0.2, 0.25) is 0 Å². The standard InChI is InChI=1S/C16H19NO2S/c1-19-16(18)15(13-6-3-2-4-7-13)12-17-10-9-14-8-5-11-20-14/h2-8,11,15,17H,9-10,12H2,1H3. The molecule has 0 fully saturated rings. The number of hydrogen-bond acceptors (Lipinski definition) is 4. The van der Waals surface area contributed by atoms with Gasteiger partial charge in [0.25, 0.3) is 0 Å². The molecule has 20 heavy (non-hydrogen) atoms. The molecule has 0 bridgehead atoms. The van der Waals surface area contributed by atoms with E-state index in [0.717, 1.165) is 18.5 Å². The van der Waals surface area contributed by atoms with Crippen LogP contribution in [0.3, 0.4) is 0 Å². The van der Waals surface area contributed by atoms with Gasteiger partial charge in [-0.15, -0.1) is 11.3 Å². The molecule has 0 amide bonds. The molecule has 4 heteroatoms. The zero-order valence-corrected chi connectivity index (χ0v) is 12.4. The van der Waals surface area contributed by atoms with Crippen LogP contribution in [0.15, 0.2) is 47.8 Å². The fraction of sp³-hybridized carbons (Fsp3) is 0.312. The van der Waals surface area contributed by atoms with Crippen molar-refractivity contribution in [3.63, 3.8) is 0 Å². The quantitative estimate of drug-likeness (QED) is 0.629. The number of ether oxygens (including phenoxy) is 1. The number of carbonyl (C=O) groups excluding carboxylic acids is 1. The van der Waals surface area contributed by atoms with Gasteiger partial charge in [0, 0.05) is 11.4 Å². The summed E-state index contributed by atoms with van der Waals surface area (Å²) in [6, 6.07) is 13.9. The van der Waals surface area contributed by atoms with Gasteiger partial charge in [-0.25, -0.2) is 0 Å². The first-order valence-electron chi connectivity index (χ1n) is 6.67. The second-order valence-electron chi connectivity index (χ2n) is 4.52. The Hall–Kier alpha value is -1.65. The molecule has 1 heterocycles. The molecule has 0 spiro atoms. The number of hydrogen-bond donors (Lipinski definition) is 1. The topological polar surface area (TPSA) is 38.3 Å². The molecular weight excluding hydrogens is 270 g/mol. The molecule has 1 aromatic heterocycles. The van der Waals surface area contributed by atoms with Gasteiger partial charge in [0.15, 0.2) is 0 Å². The molecule has 0 aliphatic heterocycles. The summed E-state index contributed by atoms with van der Waals surface area (Å²) in [6.07, 6.45) is 0.986. The van der Waals surface area contributed by atoms with E-state index in [0.29, 0.717) is 6.54 Å². The van der Waals surface area contributed by atoms with Crippen molar-refractivity contribution >= 4 is 17.3 Å². The number of carbonyl (C=O) groups is 1. The maximum absolute atomic E-state index is 11.9. The third-order valence-electron chi connectivity index (χ3n) is 3.16. The fourth-order valence-electron chi connectivity index (χ4n) is 2.08. The van der Waals surface area contributed by atoms with Crippen molar-refractivity contribution < 1.29 is 9.53 Å². The number of rotatable bonds is 7. The van der Waals surface area contributed by atoms with Gasteiger partial charge >= 0.3 is 5.97 Å². The third kappa shape index (κ3) is 4.18. The van der Waals surface area contributed by atoms with Crippen LogP contribution in [-0.2, 0) is 16.0 Å². The monoisotopic (exact) mass is 289 g/mol. The Balaban J connectivity index is 1.87. The highest BCUT2D eigenvalue weighted by Gasteiger charge is 2.20. The molecule has 0 aliphatic carbocycles. The summed E-state index contributed by atoms with van der Waals surface area (Å²) in [5.41, 5.74) is 0.989. The van der Waals surface area contributed by atoms with Crippen LogP contribution >= 0.6 is 11.3 Å². The maximum Gasteiger partial charge on any atom is 0.314 e. The Bertz CT molecular complexity index is 511. The molecular formula is C16H19NO2S. The Morgan fingerprint density at radius 3 is 2.70 bits per heavy atom. The largest absolute Gasteiger partial charge is 0.469 e. The maximum atomic E-state index is 11.9. The van der Waals surface area contributed by atoms with E-state index in [9.17, 15) is 4.79 Å². The van der Waals surface area contributed by atoms with Crippen molar-refractivity contribution in [2.24, 2.45) is 0 Å². The smallest absolute Gasteiger partial charge is 0.314 e. The Kier molecular flexibility index (Phi) is 5.77.